The summed E-state index contributed by atoms with van der Waals surface area (Å²) in [7, 11) is 0. The summed E-state index contributed by atoms with van der Waals surface area (Å²) in [6.07, 6.45) is 3.20. The number of hydrogen-bond acceptors (Lipinski definition) is 0. The normalized spacial score (nSPS) is 13.1. The lowest BCUT2D eigenvalue weighted by Gasteiger charge is -1.93. The van der Waals surface area contributed by atoms with Crippen LogP contribution in [-0.4, -0.2) is 0 Å². The molecule has 0 aromatic heterocycles. The van der Waals surface area contributed by atoms with Crippen LogP contribution in [0.25, 0.3) is 0 Å². The van der Waals surface area contributed by atoms with Crippen molar-refractivity contribution in [3.05, 3.63) is 40.8 Å². The zero-order valence-electron chi connectivity index (χ0n) is 5.65. The van der Waals surface area contributed by atoms with Gasteiger partial charge < -0.3 is 0 Å². The lowest BCUT2D eigenvalue weighted by Crippen LogP contribution is -1.75. The molecule has 0 heteroatoms. The van der Waals surface area contributed by atoms with Crippen molar-refractivity contribution >= 4 is 0 Å². The zero-order chi connectivity index (χ0) is 6.43. The van der Waals surface area contributed by atoms with Gasteiger partial charge in [0.1, 0.15) is 0 Å². The first-order valence-electron chi connectivity index (χ1n) is 3.16. The lowest BCUT2D eigenvalue weighted by atomic mass is 10.1. The van der Waals surface area contributed by atoms with Crippen LogP contribution < -0.4 is 0 Å². The molecule has 0 spiro atoms. The number of rotatable bonds is 0. The third-order valence-corrected chi connectivity index (χ3v) is 1.93. The molecule has 1 aliphatic rings. The summed E-state index contributed by atoms with van der Waals surface area (Å²) in [6, 6.07) is 4.27. The Balaban J connectivity index is 2.70. The average molecular weight is 116 g/mol. The van der Waals surface area contributed by atoms with Gasteiger partial charge in [0.2, 0.25) is 0 Å². The molecule has 1 aromatic carbocycles. The molecule has 0 saturated heterocycles. The minimum Gasteiger partial charge on any atom is -0.0587 e. The molecule has 1 aliphatic carbocycles. The number of benzene rings is 1. The van der Waals surface area contributed by atoms with E-state index in [4.69, 9.17) is 0 Å². The van der Waals surface area contributed by atoms with Crippen molar-refractivity contribution in [3.8, 4) is 0 Å². The molecule has 0 unspecified atom stereocenters. The summed E-state index contributed by atoms with van der Waals surface area (Å²) in [6.45, 7) is 4.28. The fraction of sp³-hybridized carbons (Fsp3) is 0.222. The van der Waals surface area contributed by atoms with Gasteiger partial charge in [0.05, 0.1) is 6.42 Å². The molecular formula is C9H8. The van der Waals surface area contributed by atoms with Crippen LogP contribution in [0.4, 0.5) is 0 Å². The summed E-state index contributed by atoms with van der Waals surface area (Å²) in [4.78, 5) is 0. The molecule has 0 saturated carbocycles. The molecule has 0 heterocycles. The fourth-order valence-electron chi connectivity index (χ4n) is 1.05. The Morgan fingerprint density at radius 1 is 1.22 bits per heavy atom. The zero-order valence-corrected chi connectivity index (χ0v) is 5.65. The molecule has 2 radical (unpaired) electrons. The topological polar surface area (TPSA) is 0 Å². The van der Waals surface area contributed by atoms with E-state index >= 15 is 0 Å². The maximum Gasteiger partial charge on any atom is 0.0511 e. The van der Waals surface area contributed by atoms with Crippen molar-refractivity contribution in [3.63, 3.8) is 0 Å². The van der Waals surface area contributed by atoms with Crippen molar-refractivity contribution in [2.45, 2.75) is 13.8 Å². The Kier molecular flexibility index (Phi) is 0.774. The molecule has 9 heavy (non-hydrogen) atoms. The molecule has 2 rings (SSSR count). The molecule has 0 atom stereocenters. The highest BCUT2D eigenvalue weighted by Crippen LogP contribution is 2.34. The van der Waals surface area contributed by atoms with E-state index in [1.165, 1.54) is 22.3 Å². The number of hydrogen-bond donors (Lipinski definition) is 0. The Morgan fingerprint density at radius 3 is 2.67 bits per heavy atom. The molecule has 44 valence electrons. The fourth-order valence-corrected chi connectivity index (χ4v) is 1.05. The summed E-state index contributed by atoms with van der Waals surface area (Å²) in [5.41, 5.74) is 5.42. The summed E-state index contributed by atoms with van der Waals surface area (Å²) >= 11 is 0. The van der Waals surface area contributed by atoms with Gasteiger partial charge >= 0.3 is 0 Å². The highest BCUT2D eigenvalue weighted by molar-refractivity contribution is 5.63. The Bertz CT molecular complexity index is 255. The van der Waals surface area contributed by atoms with Crippen molar-refractivity contribution in [1.29, 1.82) is 0 Å². The third-order valence-electron chi connectivity index (χ3n) is 1.93. The van der Waals surface area contributed by atoms with E-state index in [-0.39, 0.29) is 0 Å². The minimum atomic E-state index is 1.30. The molecule has 0 N–H and O–H groups in total. The van der Waals surface area contributed by atoms with Gasteiger partial charge in [0.15, 0.2) is 0 Å². The molecule has 0 aliphatic heterocycles. The van der Waals surface area contributed by atoms with Gasteiger partial charge in [-0.05, 0) is 36.1 Å². The van der Waals surface area contributed by atoms with E-state index < -0.39 is 0 Å². The molecule has 1 aromatic rings. The van der Waals surface area contributed by atoms with Gasteiger partial charge in [-0.3, -0.25) is 0 Å². The van der Waals surface area contributed by atoms with Gasteiger partial charge in [-0.25, -0.2) is 0 Å². The SMILES string of the molecule is Cc1ccc2c(c1C)[C]2. The highest BCUT2D eigenvalue weighted by Gasteiger charge is 2.20. The Morgan fingerprint density at radius 2 is 2.00 bits per heavy atom. The van der Waals surface area contributed by atoms with Crippen LogP contribution in [0, 0.1) is 20.3 Å². The number of aryl methyl sites for hydroxylation is 1. The predicted molar refractivity (Wildman–Crippen MR) is 37.4 cm³/mol. The van der Waals surface area contributed by atoms with E-state index in [2.05, 4.69) is 32.4 Å². The molecule has 0 fully saturated rings. The van der Waals surface area contributed by atoms with Gasteiger partial charge in [0.25, 0.3) is 0 Å². The van der Waals surface area contributed by atoms with Crippen LogP contribution in [0.3, 0.4) is 0 Å². The second-order valence-corrected chi connectivity index (χ2v) is 2.56. The van der Waals surface area contributed by atoms with E-state index in [9.17, 15) is 0 Å². The first-order valence-corrected chi connectivity index (χ1v) is 3.16. The average Bonchev–Trinajstić information content (AvgIpc) is 2.58. The quantitative estimate of drug-likeness (QED) is 0.494. The molecular weight excluding hydrogens is 108 g/mol. The van der Waals surface area contributed by atoms with E-state index in [1.807, 2.05) is 0 Å². The first kappa shape index (κ1) is 5.04. The van der Waals surface area contributed by atoms with Gasteiger partial charge in [-0.1, -0.05) is 12.1 Å². The van der Waals surface area contributed by atoms with E-state index in [1.54, 1.807) is 0 Å². The largest absolute Gasteiger partial charge is 0.0587 e. The summed E-state index contributed by atoms with van der Waals surface area (Å²) in [5.74, 6) is 0. The van der Waals surface area contributed by atoms with Crippen molar-refractivity contribution in [2.75, 3.05) is 0 Å². The third kappa shape index (κ3) is 0.593. The molecule has 0 bridgehead atoms. The van der Waals surface area contributed by atoms with Crippen LogP contribution in [0.15, 0.2) is 12.1 Å². The van der Waals surface area contributed by atoms with E-state index in [0.717, 1.165) is 0 Å². The summed E-state index contributed by atoms with van der Waals surface area (Å²) in [5, 5.41) is 0. The Hall–Kier alpha value is -0.780. The highest BCUT2D eigenvalue weighted by atomic mass is 14.2. The number of fused-ring (bicyclic) bond motifs is 1. The maximum absolute atomic E-state index is 3.20. The standard InChI is InChI=1S/C9H8/c1-6-3-4-8-5-9(8)7(6)2/h3-4H,1-2H3. The van der Waals surface area contributed by atoms with Crippen molar-refractivity contribution in [2.24, 2.45) is 0 Å². The van der Waals surface area contributed by atoms with E-state index in [0.29, 0.717) is 0 Å². The van der Waals surface area contributed by atoms with Crippen LogP contribution in [0.1, 0.15) is 22.3 Å². The van der Waals surface area contributed by atoms with Crippen LogP contribution in [0.2, 0.25) is 0 Å². The monoisotopic (exact) mass is 116 g/mol. The summed E-state index contributed by atoms with van der Waals surface area (Å²) < 4.78 is 0. The maximum atomic E-state index is 3.20. The second-order valence-electron chi connectivity index (χ2n) is 2.56. The predicted octanol–water partition coefficient (Wildman–Crippen LogP) is 2.09. The smallest absolute Gasteiger partial charge is 0.0511 e. The van der Waals surface area contributed by atoms with Crippen LogP contribution in [0.5, 0.6) is 0 Å². The van der Waals surface area contributed by atoms with Gasteiger partial charge in [-0.15, -0.1) is 0 Å². The lowest BCUT2D eigenvalue weighted by molar-refractivity contribution is 1.35. The molecule has 0 nitrogen and oxygen atoms in total. The van der Waals surface area contributed by atoms with Gasteiger partial charge in [-0.2, -0.15) is 0 Å². The van der Waals surface area contributed by atoms with Crippen molar-refractivity contribution < 1.29 is 0 Å². The Labute approximate surface area is 55.5 Å². The van der Waals surface area contributed by atoms with Crippen LogP contribution in [-0.2, 0) is 0 Å². The molecule has 0 amide bonds. The minimum absolute atomic E-state index is 1.30. The van der Waals surface area contributed by atoms with Crippen LogP contribution >= 0.6 is 0 Å². The second kappa shape index (κ2) is 1.38. The first-order chi connectivity index (χ1) is 4.29. The van der Waals surface area contributed by atoms with Gasteiger partial charge in [0, 0.05) is 0 Å². The van der Waals surface area contributed by atoms with Crippen molar-refractivity contribution in [1.82, 2.24) is 0 Å².